The fourth-order valence-corrected chi connectivity index (χ4v) is 3.00. The molecule has 1 N–H and O–H groups in total. The topological polar surface area (TPSA) is 71.1 Å². The second-order valence-corrected chi connectivity index (χ2v) is 6.09. The van der Waals surface area contributed by atoms with E-state index in [2.05, 4.69) is 21.2 Å². The summed E-state index contributed by atoms with van der Waals surface area (Å²) >= 11 is 0. The van der Waals surface area contributed by atoms with E-state index in [1.54, 1.807) is 19.4 Å². The Kier molecular flexibility index (Phi) is 3.93. The van der Waals surface area contributed by atoms with Crippen LogP contribution in [0.2, 0.25) is 0 Å². The summed E-state index contributed by atoms with van der Waals surface area (Å²) in [5, 5.41) is 7.11. The lowest BCUT2D eigenvalue weighted by Gasteiger charge is -2.39. The van der Waals surface area contributed by atoms with Gasteiger partial charge in [0.1, 0.15) is 11.4 Å². The standard InChI is InChI=1S/C19H18N4O2/c1-25-16-6-2-4-13(8-16)17-9-18(22-21-17)19(24)23-11-15(12-23)14-5-3-7-20-10-14/h2-10,15H,11-12H2,1H3,(H,21,22). The molecule has 1 saturated heterocycles. The number of aromatic amines is 1. The Balaban J connectivity index is 1.45. The summed E-state index contributed by atoms with van der Waals surface area (Å²) in [7, 11) is 1.63. The van der Waals surface area contributed by atoms with Gasteiger partial charge in [-0.1, -0.05) is 18.2 Å². The molecule has 4 rings (SSSR count). The number of pyridine rings is 1. The van der Waals surface area contributed by atoms with Crippen LogP contribution in [0, 0.1) is 0 Å². The van der Waals surface area contributed by atoms with Crippen molar-refractivity contribution in [3.8, 4) is 17.0 Å². The zero-order valence-electron chi connectivity index (χ0n) is 13.8. The zero-order chi connectivity index (χ0) is 17.2. The molecule has 0 bridgehead atoms. The van der Waals surface area contributed by atoms with Gasteiger partial charge in [0.2, 0.25) is 0 Å². The Labute approximate surface area is 145 Å². The van der Waals surface area contributed by atoms with E-state index in [-0.39, 0.29) is 5.91 Å². The summed E-state index contributed by atoms with van der Waals surface area (Å²) in [4.78, 5) is 18.5. The van der Waals surface area contributed by atoms with E-state index >= 15 is 0 Å². The number of methoxy groups -OCH3 is 1. The lowest BCUT2D eigenvalue weighted by atomic mass is 9.92. The van der Waals surface area contributed by atoms with Crippen LogP contribution in [-0.4, -0.2) is 46.2 Å². The molecule has 1 aliphatic heterocycles. The van der Waals surface area contributed by atoms with E-state index in [0.29, 0.717) is 24.7 Å². The molecule has 25 heavy (non-hydrogen) atoms. The molecule has 6 nitrogen and oxygen atoms in total. The fourth-order valence-electron chi connectivity index (χ4n) is 3.00. The molecule has 0 unspecified atom stereocenters. The molecule has 6 heteroatoms. The lowest BCUT2D eigenvalue weighted by Crippen LogP contribution is -2.48. The Morgan fingerprint density at radius 1 is 1.24 bits per heavy atom. The first-order chi connectivity index (χ1) is 12.2. The van der Waals surface area contributed by atoms with Crippen molar-refractivity contribution in [1.82, 2.24) is 20.1 Å². The van der Waals surface area contributed by atoms with Crippen LogP contribution in [0.5, 0.6) is 5.75 Å². The van der Waals surface area contributed by atoms with Crippen molar-refractivity contribution >= 4 is 5.91 Å². The van der Waals surface area contributed by atoms with Crippen LogP contribution in [0.3, 0.4) is 0 Å². The van der Waals surface area contributed by atoms with Gasteiger partial charge in [0.25, 0.3) is 5.91 Å². The Morgan fingerprint density at radius 2 is 2.12 bits per heavy atom. The molecule has 0 radical (unpaired) electrons. The predicted molar refractivity (Wildman–Crippen MR) is 93.5 cm³/mol. The third-order valence-corrected chi connectivity index (χ3v) is 4.50. The number of carbonyl (C=O) groups excluding carboxylic acids is 1. The number of amides is 1. The minimum Gasteiger partial charge on any atom is -0.497 e. The van der Waals surface area contributed by atoms with Gasteiger partial charge in [0.05, 0.1) is 12.8 Å². The van der Waals surface area contributed by atoms with Gasteiger partial charge in [-0.2, -0.15) is 5.10 Å². The molecule has 0 spiro atoms. The van der Waals surface area contributed by atoms with Crippen LogP contribution in [0.25, 0.3) is 11.3 Å². The van der Waals surface area contributed by atoms with Crippen LogP contribution >= 0.6 is 0 Å². The summed E-state index contributed by atoms with van der Waals surface area (Å²) < 4.78 is 5.23. The smallest absolute Gasteiger partial charge is 0.271 e. The van der Waals surface area contributed by atoms with E-state index < -0.39 is 0 Å². The van der Waals surface area contributed by atoms with Crippen LogP contribution in [-0.2, 0) is 0 Å². The van der Waals surface area contributed by atoms with Crippen LogP contribution in [0.4, 0.5) is 0 Å². The molecule has 126 valence electrons. The Hall–Kier alpha value is -3.15. The van der Waals surface area contributed by atoms with E-state index in [9.17, 15) is 4.79 Å². The maximum atomic E-state index is 12.6. The average molecular weight is 334 g/mol. The second kappa shape index (κ2) is 6.39. The normalized spacial score (nSPS) is 14.2. The van der Waals surface area contributed by atoms with Gasteiger partial charge in [0, 0.05) is 37.0 Å². The Bertz CT molecular complexity index is 885. The molecular weight excluding hydrogens is 316 g/mol. The number of H-pyrrole nitrogens is 1. The highest BCUT2D eigenvalue weighted by Crippen LogP contribution is 2.28. The molecule has 1 fully saturated rings. The molecule has 0 atom stereocenters. The highest BCUT2D eigenvalue weighted by Gasteiger charge is 2.33. The maximum Gasteiger partial charge on any atom is 0.271 e. The molecule has 0 saturated carbocycles. The summed E-state index contributed by atoms with van der Waals surface area (Å²) in [5.74, 6) is 1.09. The highest BCUT2D eigenvalue weighted by atomic mass is 16.5. The summed E-state index contributed by atoms with van der Waals surface area (Å²) in [6, 6.07) is 13.4. The molecule has 1 aliphatic rings. The number of ether oxygens (including phenoxy) is 1. The van der Waals surface area contributed by atoms with Gasteiger partial charge < -0.3 is 9.64 Å². The van der Waals surface area contributed by atoms with Crippen LogP contribution < -0.4 is 4.74 Å². The third-order valence-electron chi connectivity index (χ3n) is 4.50. The second-order valence-electron chi connectivity index (χ2n) is 6.09. The van der Waals surface area contributed by atoms with E-state index in [1.807, 2.05) is 41.4 Å². The van der Waals surface area contributed by atoms with Crippen molar-refractivity contribution in [3.05, 3.63) is 66.1 Å². The number of likely N-dealkylation sites (tertiary alicyclic amines) is 1. The van der Waals surface area contributed by atoms with E-state index in [4.69, 9.17) is 4.74 Å². The van der Waals surface area contributed by atoms with Gasteiger partial charge in [-0.3, -0.25) is 14.9 Å². The first-order valence-electron chi connectivity index (χ1n) is 8.13. The van der Waals surface area contributed by atoms with Gasteiger partial charge in [-0.05, 0) is 29.8 Å². The van der Waals surface area contributed by atoms with Crippen molar-refractivity contribution < 1.29 is 9.53 Å². The van der Waals surface area contributed by atoms with Gasteiger partial charge in [-0.15, -0.1) is 0 Å². The minimum atomic E-state index is -0.0261. The predicted octanol–water partition coefficient (Wildman–Crippen LogP) is 2.72. The summed E-state index contributed by atoms with van der Waals surface area (Å²) in [6.45, 7) is 1.41. The maximum absolute atomic E-state index is 12.6. The molecular formula is C19H18N4O2. The summed E-state index contributed by atoms with van der Waals surface area (Å²) in [6.07, 6.45) is 3.62. The molecule has 0 aliphatic carbocycles. The van der Waals surface area contributed by atoms with E-state index in [0.717, 1.165) is 17.0 Å². The SMILES string of the molecule is COc1cccc(-c2cc(C(=O)N3CC(c4cccnc4)C3)[nH]n2)c1. The quantitative estimate of drug-likeness (QED) is 0.796. The number of hydrogen-bond acceptors (Lipinski definition) is 4. The number of benzene rings is 1. The number of carbonyl (C=O) groups is 1. The average Bonchev–Trinajstić information content (AvgIpc) is 3.11. The van der Waals surface area contributed by atoms with Crippen molar-refractivity contribution in [2.24, 2.45) is 0 Å². The van der Waals surface area contributed by atoms with Gasteiger partial charge in [0.15, 0.2) is 0 Å². The largest absolute Gasteiger partial charge is 0.497 e. The fraction of sp³-hybridized carbons (Fsp3) is 0.211. The first kappa shape index (κ1) is 15.4. The monoisotopic (exact) mass is 334 g/mol. The number of nitrogens with zero attached hydrogens (tertiary/aromatic N) is 3. The van der Waals surface area contributed by atoms with Gasteiger partial charge >= 0.3 is 0 Å². The highest BCUT2D eigenvalue weighted by molar-refractivity contribution is 5.94. The zero-order valence-corrected chi connectivity index (χ0v) is 13.8. The molecule has 3 heterocycles. The third kappa shape index (κ3) is 2.98. The lowest BCUT2D eigenvalue weighted by molar-refractivity contribution is 0.0596. The van der Waals surface area contributed by atoms with Crippen molar-refractivity contribution in [2.75, 3.05) is 20.2 Å². The number of hydrogen-bond donors (Lipinski definition) is 1. The Morgan fingerprint density at radius 3 is 2.88 bits per heavy atom. The number of aromatic nitrogens is 3. The van der Waals surface area contributed by atoms with Crippen LogP contribution in [0.15, 0.2) is 54.9 Å². The molecule has 3 aromatic rings. The number of rotatable bonds is 4. The van der Waals surface area contributed by atoms with Crippen molar-refractivity contribution in [1.29, 1.82) is 0 Å². The van der Waals surface area contributed by atoms with Crippen LogP contribution in [0.1, 0.15) is 22.0 Å². The van der Waals surface area contributed by atoms with Crippen molar-refractivity contribution in [2.45, 2.75) is 5.92 Å². The summed E-state index contributed by atoms with van der Waals surface area (Å²) in [5.41, 5.74) is 3.31. The molecule has 2 aromatic heterocycles. The number of nitrogens with one attached hydrogen (secondary N) is 1. The van der Waals surface area contributed by atoms with Gasteiger partial charge in [-0.25, -0.2) is 0 Å². The first-order valence-corrected chi connectivity index (χ1v) is 8.13. The molecule has 1 amide bonds. The van der Waals surface area contributed by atoms with Crippen molar-refractivity contribution in [3.63, 3.8) is 0 Å². The molecule has 1 aromatic carbocycles. The minimum absolute atomic E-state index is 0.0261. The van der Waals surface area contributed by atoms with E-state index in [1.165, 1.54) is 5.56 Å².